The van der Waals surface area contributed by atoms with Crippen molar-refractivity contribution in [1.29, 1.82) is 0 Å². The van der Waals surface area contributed by atoms with Crippen LogP contribution in [0.5, 0.6) is 0 Å². The summed E-state index contributed by atoms with van der Waals surface area (Å²) in [6.45, 7) is 7.59. The Bertz CT molecular complexity index is 334. The van der Waals surface area contributed by atoms with Gasteiger partial charge < -0.3 is 5.73 Å². The van der Waals surface area contributed by atoms with Gasteiger partial charge in [0.05, 0.1) is 0 Å². The molecule has 16 heavy (non-hydrogen) atoms. The zero-order valence-electron chi connectivity index (χ0n) is 10.2. The van der Waals surface area contributed by atoms with E-state index in [0.717, 1.165) is 13.1 Å². The summed E-state index contributed by atoms with van der Waals surface area (Å²) in [5.41, 5.74) is 7.57. The lowest BCUT2D eigenvalue weighted by Crippen LogP contribution is -2.33. The molecule has 0 radical (unpaired) electrons. The van der Waals surface area contributed by atoms with Crippen LogP contribution in [0.2, 0.25) is 0 Å². The molecule has 2 N–H and O–H groups in total. The lowest BCUT2D eigenvalue weighted by atomic mass is 9.93. The van der Waals surface area contributed by atoms with Crippen LogP contribution in [0, 0.1) is 5.41 Å². The van der Waals surface area contributed by atoms with E-state index in [-0.39, 0.29) is 0 Å². The van der Waals surface area contributed by atoms with Crippen LogP contribution in [0.15, 0.2) is 24.5 Å². The third kappa shape index (κ3) is 2.42. The Morgan fingerprint density at radius 3 is 2.88 bits per heavy atom. The van der Waals surface area contributed by atoms with Gasteiger partial charge in [0.2, 0.25) is 0 Å². The highest BCUT2D eigenvalue weighted by atomic mass is 15.2. The minimum absolute atomic E-state index is 0.329. The molecule has 0 spiro atoms. The Kier molecular flexibility index (Phi) is 3.26. The fraction of sp³-hybridized carbons (Fsp3) is 0.615. The van der Waals surface area contributed by atoms with Gasteiger partial charge in [-0.15, -0.1) is 0 Å². The van der Waals surface area contributed by atoms with Gasteiger partial charge in [-0.05, 0) is 30.0 Å². The predicted molar refractivity (Wildman–Crippen MR) is 66.0 cm³/mol. The topological polar surface area (TPSA) is 42.1 Å². The van der Waals surface area contributed by atoms with Gasteiger partial charge in [-0.25, -0.2) is 0 Å². The smallest absolute Gasteiger partial charge is 0.0485 e. The number of hydrogen-bond donors (Lipinski definition) is 1. The molecule has 1 unspecified atom stereocenters. The van der Waals surface area contributed by atoms with E-state index in [9.17, 15) is 0 Å². The van der Waals surface area contributed by atoms with E-state index >= 15 is 0 Å². The maximum atomic E-state index is 5.90. The van der Waals surface area contributed by atoms with Gasteiger partial charge in [-0.2, -0.15) is 0 Å². The Morgan fingerprint density at radius 1 is 1.56 bits per heavy atom. The summed E-state index contributed by atoms with van der Waals surface area (Å²) in [4.78, 5) is 6.66. The van der Waals surface area contributed by atoms with E-state index in [0.29, 0.717) is 18.0 Å². The van der Waals surface area contributed by atoms with Crippen LogP contribution >= 0.6 is 0 Å². The molecule has 1 aliphatic rings. The Balaban J connectivity index is 2.13. The molecular formula is C13H21N3. The van der Waals surface area contributed by atoms with Crippen LogP contribution in [-0.2, 0) is 0 Å². The summed E-state index contributed by atoms with van der Waals surface area (Å²) in [6.07, 6.45) is 5.00. The van der Waals surface area contributed by atoms with Gasteiger partial charge in [0.15, 0.2) is 0 Å². The summed E-state index contributed by atoms with van der Waals surface area (Å²) in [5, 5.41) is 0. The van der Waals surface area contributed by atoms with Crippen molar-refractivity contribution in [3.05, 3.63) is 30.1 Å². The minimum Gasteiger partial charge on any atom is -0.329 e. The fourth-order valence-corrected chi connectivity index (χ4v) is 2.49. The van der Waals surface area contributed by atoms with Crippen molar-refractivity contribution in [2.75, 3.05) is 19.6 Å². The van der Waals surface area contributed by atoms with Crippen LogP contribution in [0.25, 0.3) is 0 Å². The molecule has 3 heteroatoms. The normalized spacial score (nSPS) is 22.2. The number of likely N-dealkylation sites (tertiary alicyclic amines) is 1. The third-order valence-corrected chi connectivity index (χ3v) is 3.44. The lowest BCUT2D eigenvalue weighted by molar-refractivity contribution is 0.223. The second-order valence-electron chi connectivity index (χ2n) is 5.42. The van der Waals surface area contributed by atoms with E-state index < -0.39 is 0 Å². The molecule has 1 aliphatic heterocycles. The highest BCUT2D eigenvalue weighted by Gasteiger charge is 2.33. The maximum Gasteiger partial charge on any atom is 0.0485 e. The molecule has 2 heterocycles. The van der Waals surface area contributed by atoms with E-state index in [2.05, 4.69) is 29.8 Å². The summed E-state index contributed by atoms with van der Waals surface area (Å²) in [5.74, 6) is 0. The molecule has 2 rings (SSSR count). The molecule has 1 atom stereocenters. The first-order chi connectivity index (χ1) is 7.62. The van der Waals surface area contributed by atoms with Crippen LogP contribution in [0.4, 0.5) is 0 Å². The third-order valence-electron chi connectivity index (χ3n) is 3.44. The monoisotopic (exact) mass is 219 g/mol. The average molecular weight is 219 g/mol. The van der Waals surface area contributed by atoms with Gasteiger partial charge >= 0.3 is 0 Å². The number of pyridine rings is 1. The van der Waals surface area contributed by atoms with Gasteiger partial charge in [0.25, 0.3) is 0 Å². The zero-order valence-corrected chi connectivity index (χ0v) is 10.2. The van der Waals surface area contributed by atoms with E-state index in [1.165, 1.54) is 12.0 Å². The summed E-state index contributed by atoms with van der Waals surface area (Å²) >= 11 is 0. The number of hydrogen-bond acceptors (Lipinski definition) is 3. The van der Waals surface area contributed by atoms with Crippen molar-refractivity contribution in [2.45, 2.75) is 26.3 Å². The SMILES string of the molecule is CC1(C)CCN(C(CN)c2cccnc2)C1. The molecular weight excluding hydrogens is 198 g/mol. The molecule has 3 nitrogen and oxygen atoms in total. The lowest BCUT2D eigenvalue weighted by Gasteiger charge is -2.28. The molecule has 0 saturated carbocycles. The average Bonchev–Trinajstić information content (AvgIpc) is 2.62. The molecule has 1 aromatic rings. The number of rotatable bonds is 3. The van der Waals surface area contributed by atoms with E-state index in [1.807, 2.05) is 18.5 Å². The van der Waals surface area contributed by atoms with Crippen molar-refractivity contribution in [1.82, 2.24) is 9.88 Å². The molecule has 1 fully saturated rings. The standard InChI is InChI=1S/C13H21N3/c1-13(2)5-7-16(10-13)12(8-14)11-4-3-6-15-9-11/h3-4,6,9,12H,5,7-8,10,14H2,1-2H3. The van der Waals surface area contributed by atoms with Crippen molar-refractivity contribution in [3.8, 4) is 0 Å². The summed E-state index contributed by atoms with van der Waals surface area (Å²) in [7, 11) is 0. The molecule has 1 aromatic heterocycles. The predicted octanol–water partition coefficient (Wildman–Crippen LogP) is 1.81. The van der Waals surface area contributed by atoms with Crippen LogP contribution in [0.1, 0.15) is 31.9 Å². The van der Waals surface area contributed by atoms with Gasteiger partial charge in [0, 0.05) is 31.5 Å². The van der Waals surface area contributed by atoms with Crippen LogP contribution < -0.4 is 5.73 Å². The molecule has 88 valence electrons. The molecule has 0 aromatic carbocycles. The maximum absolute atomic E-state index is 5.90. The minimum atomic E-state index is 0.329. The van der Waals surface area contributed by atoms with E-state index in [1.54, 1.807) is 0 Å². The summed E-state index contributed by atoms with van der Waals surface area (Å²) < 4.78 is 0. The first-order valence-corrected chi connectivity index (χ1v) is 5.96. The fourth-order valence-electron chi connectivity index (χ4n) is 2.49. The molecule has 0 amide bonds. The zero-order chi connectivity index (χ0) is 11.6. The van der Waals surface area contributed by atoms with Gasteiger partial charge in [-0.1, -0.05) is 19.9 Å². The van der Waals surface area contributed by atoms with Crippen molar-refractivity contribution in [2.24, 2.45) is 11.1 Å². The number of nitrogens with zero attached hydrogens (tertiary/aromatic N) is 2. The van der Waals surface area contributed by atoms with Crippen LogP contribution in [-0.4, -0.2) is 29.5 Å². The number of aromatic nitrogens is 1. The van der Waals surface area contributed by atoms with Crippen molar-refractivity contribution in [3.63, 3.8) is 0 Å². The Labute approximate surface area is 97.7 Å². The second kappa shape index (κ2) is 4.52. The molecule has 0 aliphatic carbocycles. The first kappa shape index (κ1) is 11.6. The van der Waals surface area contributed by atoms with Crippen molar-refractivity contribution >= 4 is 0 Å². The first-order valence-electron chi connectivity index (χ1n) is 5.96. The van der Waals surface area contributed by atoms with E-state index in [4.69, 9.17) is 5.73 Å². The van der Waals surface area contributed by atoms with Gasteiger partial charge in [-0.3, -0.25) is 9.88 Å². The quantitative estimate of drug-likeness (QED) is 0.843. The molecule has 1 saturated heterocycles. The summed E-state index contributed by atoms with van der Waals surface area (Å²) in [6, 6.07) is 4.44. The highest BCUT2D eigenvalue weighted by Crippen LogP contribution is 2.34. The van der Waals surface area contributed by atoms with Crippen LogP contribution in [0.3, 0.4) is 0 Å². The number of nitrogens with two attached hydrogens (primary N) is 1. The highest BCUT2D eigenvalue weighted by molar-refractivity contribution is 5.15. The molecule has 0 bridgehead atoms. The Morgan fingerprint density at radius 2 is 2.38 bits per heavy atom. The Hall–Kier alpha value is -0.930. The van der Waals surface area contributed by atoms with Crippen molar-refractivity contribution < 1.29 is 0 Å². The largest absolute Gasteiger partial charge is 0.329 e. The van der Waals surface area contributed by atoms with Gasteiger partial charge in [0.1, 0.15) is 0 Å². The second-order valence-corrected chi connectivity index (χ2v) is 5.42.